The van der Waals surface area contributed by atoms with Crippen LogP contribution in [0.4, 0.5) is 4.39 Å². The van der Waals surface area contributed by atoms with E-state index in [-0.39, 0.29) is 17.5 Å². The number of ether oxygens (including phenoxy) is 1. The van der Waals surface area contributed by atoms with Gasteiger partial charge in [0, 0.05) is 0 Å². The van der Waals surface area contributed by atoms with Crippen molar-refractivity contribution in [2.24, 2.45) is 0 Å². The van der Waals surface area contributed by atoms with Crippen molar-refractivity contribution in [3.8, 4) is 17.2 Å². The Morgan fingerprint density at radius 2 is 2.21 bits per heavy atom. The Bertz CT molecular complexity index is 557. The van der Waals surface area contributed by atoms with Gasteiger partial charge in [-0.1, -0.05) is 13.0 Å². The summed E-state index contributed by atoms with van der Waals surface area (Å²) >= 11 is 0. The number of methoxy groups -OCH3 is 1. The molecule has 0 aliphatic rings. The summed E-state index contributed by atoms with van der Waals surface area (Å²) in [4.78, 5) is 0. The molecular formula is C13H16FN3O2. The Balaban J connectivity index is 2.38. The highest BCUT2D eigenvalue weighted by Crippen LogP contribution is 2.32. The van der Waals surface area contributed by atoms with Crippen LogP contribution in [0.1, 0.15) is 25.8 Å². The topological polar surface area (TPSA) is 60.2 Å². The molecule has 6 heteroatoms. The first-order chi connectivity index (χ1) is 9.17. The second-order valence-electron chi connectivity index (χ2n) is 4.04. The number of hydrogen-bond acceptors (Lipinski definition) is 5. The van der Waals surface area contributed by atoms with E-state index in [0.717, 1.165) is 6.54 Å². The molecule has 19 heavy (non-hydrogen) atoms. The second kappa shape index (κ2) is 5.79. The minimum absolute atomic E-state index is 0.0796. The smallest absolute Gasteiger partial charge is 0.254 e. The number of benzene rings is 1. The van der Waals surface area contributed by atoms with Gasteiger partial charge in [0.15, 0.2) is 0 Å². The number of rotatable bonds is 5. The van der Waals surface area contributed by atoms with Crippen molar-refractivity contribution in [1.29, 1.82) is 0 Å². The molecule has 1 aromatic heterocycles. The predicted molar refractivity (Wildman–Crippen MR) is 68.3 cm³/mol. The van der Waals surface area contributed by atoms with E-state index >= 15 is 0 Å². The fourth-order valence-electron chi connectivity index (χ4n) is 1.79. The van der Waals surface area contributed by atoms with Crippen LogP contribution in [0.25, 0.3) is 11.5 Å². The van der Waals surface area contributed by atoms with Crippen LogP contribution in [0, 0.1) is 5.82 Å². The van der Waals surface area contributed by atoms with Crippen molar-refractivity contribution in [1.82, 2.24) is 15.5 Å². The van der Waals surface area contributed by atoms with E-state index in [1.54, 1.807) is 12.1 Å². The summed E-state index contributed by atoms with van der Waals surface area (Å²) in [5, 5.41) is 11.0. The first-order valence-electron chi connectivity index (χ1n) is 6.07. The number of nitrogens with one attached hydrogen (secondary N) is 1. The predicted octanol–water partition coefficient (Wildman–Crippen LogP) is 2.55. The van der Waals surface area contributed by atoms with Gasteiger partial charge in [0.2, 0.25) is 5.89 Å². The van der Waals surface area contributed by atoms with E-state index < -0.39 is 5.82 Å². The van der Waals surface area contributed by atoms with Gasteiger partial charge in [-0.05, 0) is 25.6 Å². The molecule has 1 atom stereocenters. The molecule has 0 aliphatic heterocycles. The Kier molecular flexibility index (Phi) is 4.11. The Morgan fingerprint density at radius 3 is 2.89 bits per heavy atom. The van der Waals surface area contributed by atoms with Gasteiger partial charge in [0.05, 0.1) is 13.2 Å². The van der Waals surface area contributed by atoms with E-state index in [1.807, 2.05) is 13.8 Å². The molecule has 2 aromatic rings. The maximum atomic E-state index is 13.9. The third-order valence-electron chi connectivity index (χ3n) is 2.73. The van der Waals surface area contributed by atoms with Crippen molar-refractivity contribution >= 4 is 0 Å². The molecule has 1 N–H and O–H groups in total. The molecule has 1 heterocycles. The SMILES string of the molecule is CCNC(C)c1nnc(-c2c(F)cccc2OC)o1. The number of halogens is 1. The van der Waals surface area contributed by atoms with Gasteiger partial charge in [-0.3, -0.25) is 0 Å². The lowest BCUT2D eigenvalue weighted by molar-refractivity contribution is 0.404. The summed E-state index contributed by atoms with van der Waals surface area (Å²) in [6, 6.07) is 4.46. The molecule has 0 fully saturated rings. The molecule has 2 rings (SSSR count). The number of aromatic nitrogens is 2. The van der Waals surface area contributed by atoms with E-state index in [1.165, 1.54) is 13.2 Å². The number of nitrogens with zero attached hydrogens (tertiary/aromatic N) is 2. The van der Waals surface area contributed by atoms with Gasteiger partial charge in [-0.25, -0.2) is 4.39 Å². The highest BCUT2D eigenvalue weighted by molar-refractivity contribution is 5.63. The molecule has 1 aromatic carbocycles. The molecule has 1 unspecified atom stereocenters. The molecular weight excluding hydrogens is 249 g/mol. The highest BCUT2D eigenvalue weighted by Gasteiger charge is 2.20. The van der Waals surface area contributed by atoms with Crippen LogP contribution in [0.5, 0.6) is 5.75 Å². The molecule has 0 aliphatic carbocycles. The fourth-order valence-corrected chi connectivity index (χ4v) is 1.79. The molecule has 0 radical (unpaired) electrons. The van der Waals surface area contributed by atoms with Crippen molar-refractivity contribution in [3.63, 3.8) is 0 Å². The zero-order valence-corrected chi connectivity index (χ0v) is 11.1. The van der Waals surface area contributed by atoms with E-state index in [4.69, 9.17) is 9.15 Å². The summed E-state index contributed by atoms with van der Waals surface area (Å²) in [7, 11) is 1.47. The lowest BCUT2D eigenvalue weighted by atomic mass is 10.2. The summed E-state index contributed by atoms with van der Waals surface area (Å²) in [5.74, 6) is 0.453. The lowest BCUT2D eigenvalue weighted by Crippen LogP contribution is -2.17. The Hall–Kier alpha value is -1.95. The van der Waals surface area contributed by atoms with E-state index in [9.17, 15) is 4.39 Å². The third kappa shape index (κ3) is 2.73. The second-order valence-corrected chi connectivity index (χ2v) is 4.04. The largest absolute Gasteiger partial charge is 0.496 e. The monoisotopic (exact) mass is 265 g/mol. The summed E-state index contributed by atoms with van der Waals surface area (Å²) < 4.78 is 24.5. The van der Waals surface area contributed by atoms with E-state index in [0.29, 0.717) is 11.6 Å². The van der Waals surface area contributed by atoms with Crippen LogP contribution in [0.3, 0.4) is 0 Å². The highest BCUT2D eigenvalue weighted by atomic mass is 19.1. The average molecular weight is 265 g/mol. The molecule has 0 saturated carbocycles. The van der Waals surface area contributed by atoms with Crippen LogP contribution in [0.2, 0.25) is 0 Å². The van der Waals surface area contributed by atoms with Gasteiger partial charge in [-0.15, -0.1) is 10.2 Å². The minimum Gasteiger partial charge on any atom is -0.496 e. The van der Waals surface area contributed by atoms with Crippen molar-refractivity contribution in [2.45, 2.75) is 19.9 Å². The van der Waals surface area contributed by atoms with Gasteiger partial charge < -0.3 is 14.5 Å². The number of hydrogen-bond donors (Lipinski definition) is 1. The molecule has 0 saturated heterocycles. The van der Waals surface area contributed by atoms with Crippen LogP contribution >= 0.6 is 0 Å². The van der Waals surface area contributed by atoms with Crippen LogP contribution < -0.4 is 10.1 Å². The zero-order valence-electron chi connectivity index (χ0n) is 11.1. The third-order valence-corrected chi connectivity index (χ3v) is 2.73. The molecule has 0 spiro atoms. The summed E-state index contributed by atoms with van der Waals surface area (Å²) in [6.07, 6.45) is 0. The van der Waals surface area contributed by atoms with Crippen molar-refractivity contribution in [3.05, 3.63) is 29.9 Å². The van der Waals surface area contributed by atoms with Gasteiger partial charge in [0.25, 0.3) is 5.89 Å². The quantitative estimate of drug-likeness (QED) is 0.900. The first-order valence-corrected chi connectivity index (χ1v) is 6.07. The van der Waals surface area contributed by atoms with Crippen LogP contribution in [0.15, 0.2) is 22.6 Å². The normalized spacial score (nSPS) is 12.4. The Morgan fingerprint density at radius 1 is 1.42 bits per heavy atom. The van der Waals surface area contributed by atoms with Gasteiger partial charge in [-0.2, -0.15) is 0 Å². The zero-order chi connectivity index (χ0) is 13.8. The van der Waals surface area contributed by atoms with Gasteiger partial charge >= 0.3 is 0 Å². The fraction of sp³-hybridized carbons (Fsp3) is 0.385. The van der Waals surface area contributed by atoms with Crippen molar-refractivity contribution < 1.29 is 13.5 Å². The first kappa shape index (κ1) is 13.5. The molecule has 0 amide bonds. The summed E-state index contributed by atoms with van der Waals surface area (Å²) in [5.41, 5.74) is 0.187. The van der Waals surface area contributed by atoms with Gasteiger partial charge in [0.1, 0.15) is 17.1 Å². The average Bonchev–Trinajstić information content (AvgIpc) is 2.88. The molecule has 102 valence electrons. The maximum absolute atomic E-state index is 13.9. The summed E-state index contributed by atoms with van der Waals surface area (Å²) in [6.45, 7) is 4.66. The Labute approximate surface area is 110 Å². The van der Waals surface area contributed by atoms with E-state index in [2.05, 4.69) is 15.5 Å². The standard InChI is InChI=1S/C13H16FN3O2/c1-4-15-8(2)12-16-17-13(19-12)11-9(14)6-5-7-10(11)18-3/h5-8,15H,4H2,1-3H3. The minimum atomic E-state index is -0.453. The van der Waals surface area contributed by atoms with Crippen molar-refractivity contribution in [2.75, 3.05) is 13.7 Å². The molecule has 5 nitrogen and oxygen atoms in total. The van der Waals surface area contributed by atoms with Crippen LogP contribution in [-0.4, -0.2) is 23.9 Å². The maximum Gasteiger partial charge on any atom is 0.254 e. The lowest BCUT2D eigenvalue weighted by Gasteiger charge is -2.07. The molecule has 0 bridgehead atoms. The van der Waals surface area contributed by atoms with Crippen LogP contribution in [-0.2, 0) is 0 Å².